The molecule has 0 heterocycles. The molecule has 21 heavy (non-hydrogen) atoms. The Kier molecular flexibility index (Phi) is 3.42. The monoisotopic (exact) mass is 323 g/mol. The van der Waals surface area contributed by atoms with Gasteiger partial charge in [0.2, 0.25) is 5.91 Å². The number of nitrogens with one attached hydrogen (secondary N) is 1. The van der Waals surface area contributed by atoms with Crippen LogP contribution < -0.4 is 5.32 Å². The summed E-state index contributed by atoms with van der Waals surface area (Å²) in [6, 6.07) is 14.8. The number of benzene rings is 2. The molecule has 0 saturated heterocycles. The topological polar surface area (TPSA) is 29.1 Å². The summed E-state index contributed by atoms with van der Waals surface area (Å²) < 4.78 is 11.8. The van der Waals surface area contributed by atoms with Gasteiger partial charge in [0.25, 0.3) is 0 Å². The first-order chi connectivity index (χ1) is 9.96. The Hall–Kier alpha value is -1.58. The summed E-state index contributed by atoms with van der Waals surface area (Å²) in [7, 11) is 0. The van der Waals surface area contributed by atoms with Gasteiger partial charge in [-0.15, -0.1) is 23.2 Å². The van der Waals surface area contributed by atoms with Gasteiger partial charge in [-0.05, 0) is 29.8 Å². The fraction of sp³-hybridized carbons (Fsp3) is 0.188. The van der Waals surface area contributed by atoms with Crippen LogP contribution in [0.5, 0.6) is 0 Å². The van der Waals surface area contributed by atoms with Crippen LogP contribution in [0, 0.1) is 5.82 Å². The third-order valence-corrected chi connectivity index (χ3v) is 4.66. The van der Waals surface area contributed by atoms with Crippen molar-refractivity contribution in [3.05, 3.63) is 66.0 Å². The fourth-order valence-electron chi connectivity index (χ4n) is 2.47. The maximum atomic E-state index is 12.9. The van der Waals surface area contributed by atoms with Gasteiger partial charge in [0.05, 0.1) is 0 Å². The van der Waals surface area contributed by atoms with Crippen LogP contribution in [-0.4, -0.2) is 10.2 Å². The molecule has 1 fully saturated rings. The minimum Gasteiger partial charge on any atom is -0.325 e. The first kappa shape index (κ1) is 14.4. The number of carbonyl (C=O) groups is 1. The van der Waals surface area contributed by atoms with Crippen molar-refractivity contribution in [2.24, 2.45) is 0 Å². The molecular formula is C16H12Cl2FNO. The van der Waals surface area contributed by atoms with Gasteiger partial charge in [-0.2, -0.15) is 0 Å². The van der Waals surface area contributed by atoms with E-state index >= 15 is 0 Å². The Morgan fingerprint density at radius 3 is 2.14 bits per heavy atom. The second kappa shape index (κ2) is 5.00. The van der Waals surface area contributed by atoms with Gasteiger partial charge in [0.1, 0.15) is 15.6 Å². The number of rotatable bonds is 3. The maximum absolute atomic E-state index is 12.9. The van der Waals surface area contributed by atoms with Crippen molar-refractivity contribution in [1.29, 1.82) is 0 Å². The molecule has 5 heteroatoms. The first-order valence-corrected chi connectivity index (χ1v) is 7.22. The van der Waals surface area contributed by atoms with E-state index < -0.39 is 9.75 Å². The second-order valence-corrected chi connectivity index (χ2v) is 6.60. The van der Waals surface area contributed by atoms with Crippen LogP contribution in [0.2, 0.25) is 0 Å². The Balaban J connectivity index is 1.89. The van der Waals surface area contributed by atoms with Crippen molar-refractivity contribution in [1.82, 2.24) is 0 Å². The minimum atomic E-state index is -1.13. The van der Waals surface area contributed by atoms with Crippen molar-refractivity contribution in [2.75, 3.05) is 5.32 Å². The molecule has 0 bridgehead atoms. The highest BCUT2D eigenvalue weighted by atomic mass is 35.5. The van der Waals surface area contributed by atoms with Gasteiger partial charge < -0.3 is 5.32 Å². The lowest BCUT2D eigenvalue weighted by Gasteiger charge is -2.18. The smallest absolute Gasteiger partial charge is 0.238 e. The van der Waals surface area contributed by atoms with Crippen molar-refractivity contribution in [3.8, 4) is 0 Å². The van der Waals surface area contributed by atoms with Gasteiger partial charge in [0, 0.05) is 12.1 Å². The van der Waals surface area contributed by atoms with Crippen molar-refractivity contribution in [2.45, 2.75) is 16.2 Å². The number of anilines is 1. The maximum Gasteiger partial charge on any atom is 0.238 e. The highest BCUT2D eigenvalue weighted by Crippen LogP contribution is 2.65. The fourth-order valence-corrected chi connectivity index (χ4v) is 3.26. The molecule has 1 N–H and O–H groups in total. The average Bonchev–Trinajstić information content (AvgIpc) is 3.07. The molecule has 0 radical (unpaired) electrons. The van der Waals surface area contributed by atoms with E-state index in [1.54, 1.807) is 0 Å². The summed E-state index contributed by atoms with van der Waals surface area (Å²) in [4.78, 5) is 12.6. The van der Waals surface area contributed by atoms with Gasteiger partial charge in [-0.3, -0.25) is 4.79 Å². The predicted octanol–water partition coefficient (Wildman–Crippen LogP) is 4.28. The van der Waals surface area contributed by atoms with E-state index in [-0.39, 0.29) is 11.7 Å². The van der Waals surface area contributed by atoms with E-state index in [2.05, 4.69) is 5.32 Å². The third kappa shape index (κ3) is 2.41. The van der Waals surface area contributed by atoms with E-state index in [1.165, 1.54) is 24.3 Å². The van der Waals surface area contributed by atoms with Crippen LogP contribution >= 0.6 is 23.2 Å². The summed E-state index contributed by atoms with van der Waals surface area (Å²) in [5.41, 5.74) is 0.313. The molecule has 2 nitrogen and oxygen atoms in total. The SMILES string of the molecule is O=C(Nc1ccc(F)cc1)[C@]1(c2ccccc2)CC1(Cl)Cl. The molecule has 1 aliphatic rings. The Bertz CT molecular complexity index is 672. The molecular weight excluding hydrogens is 312 g/mol. The molecule has 2 aromatic carbocycles. The van der Waals surface area contributed by atoms with Gasteiger partial charge in [-0.25, -0.2) is 4.39 Å². The van der Waals surface area contributed by atoms with Crippen molar-refractivity contribution >= 4 is 34.8 Å². The van der Waals surface area contributed by atoms with Crippen LogP contribution in [0.1, 0.15) is 12.0 Å². The quantitative estimate of drug-likeness (QED) is 0.839. The Labute approximate surface area is 131 Å². The van der Waals surface area contributed by atoms with Gasteiger partial charge in [0.15, 0.2) is 0 Å². The average molecular weight is 324 g/mol. The summed E-state index contributed by atoms with van der Waals surface area (Å²) in [6.45, 7) is 0. The third-order valence-electron chi connectivity index (χ3n) is 3.74. The number of hydrogen-bond donors (Lipinski definition) is 1. The molecule has 3 rings (SSSR count). The van der Waals surface area contributed by atoms with Crippen LogP contribution in [0.3, 0.4) is 0 Å². The molecule has 1 atom stereocenters. The molecule has 0 aromatic heterocycles. The highest BCUT2D eigenvalue weighted by molar-refractivity contribution is 6.54. The second-order valence-electron chi connectivity index (χ2n) is 5.11. The zero-order valence-electron chi connectivity index (χ0n) is 10.9. The predicted molar refractivity (Wildman–Crippen MR) is 82.2 cm³/mol. The minimum absolute atomic E-state index is 0.287. The summed E-state index contributed by atoms with van der Waals surface area (Å²) in [5.74, 6) is -0.647. The molecule has 1 amide bonds. The zero-order chi connectivity index (χ0) is 15.1. The van der Waals surface area contributed by atoms with Gasteiger partial charge >= 0.3 is 0 Å². The number of hydrogen-bond acceptors (Lipinski definition) is 1. The first-order valence-electron chi connectivity index (χ1n) is 6.46. The number of carbonyl (C=O) groups excluding carboxylic acids is 1. The van der Waals surface area contributed by atoms with Gasteiger partial charge in [-0.1, -0.05) is 30.3 Å². The molecule has 1 aliphatic carbocycles. The van der Waals surface area contributed by atoms with E-state index in [9.17, 15) is 9.18 Å². The molecule has 0 unspecified atom stereocenters. The van der Waals surface area contributed by atoms with Crippen LogP contribution in [0.25, 0.3) is 0 Å². The standard InChI is InChI=1S/C16H12Cl2FNO/c17-16(18)10-15(16,11-4-2-1-3-5-11)14(21)20-13-8-6-12(19)7-9-13/h1-9H,10H2,(H,20,21)/t15-/m1/s1. The van der Waals surface area contributed by atoms with E-state index in [1.807, 2.05) is 30.3 Å². The van der Waals surface area contributed by atoms with E-state index in [0.717, 1.165) is 5.56 Å². The van der Waals surface area contributed by atoms with Crippen LogP contribution in [0.4, 0.5) is 10.1 Å². The number of alkyl halides is 2. The lowest BCUT2D eigenvalue weighted by molar-refractivity contribution is -0.118. The molecule has 0 spiro atoms. The number of halogens is 3. The summed E-state index contributed by atoms with van der Waals surface area (Å²) in [6.07, 6.45) is 0.347. The van der Waals surface area contributed by atoms with E-state index in [0.29, 0.717) is 12.1 Å². The number of amides is 1. The summed E-state index contributed by atoms with van der Waals surface area (Å²) in [5, 5.41) is 2.75. The normalized spacial score (nSPS) is 22.6. The van der Waals surface area contributed by atoms with Crippen LogP contribution in [0.15, 0.2) is 54.6 Å². The Morgan fingerprint density at radius 2 is 1.62 bits per heavy atom. The highest BCUT2D eigenvalue weighted by Gasteiger charge is 2.72. The molecule has 2 aromatic rings. The molecule has 1 saturated carbocycles. The lowest BCUT2D eigenvalue weighted by Crippen LogP contribution is -2.32. The van der Waals surface area contributed by atoms with E-state index in [4.69, 9.17) is 23.2 Å². The largest absolute Gasteiger partial charge is 0.325 e. The van der Waals surface area contributed by atoms with Crippen molar-refractivity contribution in [3.63, 3.8) is 0 Å². The summed E-state index contributed by atoms with van der Waals surface area (Å²) >= 11 is 12.5. The Morgan fingerprint density at radius 1 is 1.05 bits per heavy atom. The zero-order valence-corrected chi connectivity index (χ0v) is 12.5. The molecule has 108 valence electrons. The van der Waals surface area contributed by atoms with Crippen LogP contribution in [-0.2, 0) is 10.2 Å². The lowest BCUT2D eigenvalue weighted by atomic mass is 9.94. The molecule has 0 aliphatic heterocycles. The van der Waals surface area contributed by atoms with Crippen molar-refractivity contribution < 1.29 is 9.18 Å².